The number of carbonyl (C=O) groups excluding carboxylic acids is 1. The van der Waals surface area contributed by atoms with Gasteiger partial charge in [0.05, 0.1) is 24.1 Å². The summed E-state index contributed by atoms with van der Waals surface area (Å²) in [7, 11) is 1.61. The lowest BCUT2D eigenvalue weighted by Gasteiger charge is -2.10. The van der Waals surface area contributed by atoms with E-state index in [9.17, 15) is 9.18 Å². The first-order valence-corrected chi connectivity index (χ1v) is 9.77. The summed E-state index contributed by atoms with van der Waals surface area (Å²) in [5.41, 5.74) is 1.80. The van der Waals surface area contributed by atoms with Gasteiger partial charge in [-0.2, -0.15) is 0 Å². The Morgan fingerprint density at radius 3 is 2.75 bits per heavy atom. The molecule has 3 aromatic rings. The van der Waals surface area contributed by atoms with Gasteiger partial charge in [0.15, 0.2) is 11.0 Å². The van der Waals surface area contributed by atoms with Gasteiger partial charge in [0, 0.05) is 6.54 Å². The van der Waals surface area contributed by atoms with Crippen molar-refractivity contribution in [1.29, 1.82) is 0 Å². The molecule has 0 aliphatic carbocycles. The molecule has 0 radical (unpaired) electrons. The van der Waals surface area contributed by atoms with Gasteiger partial charge >= 0.3 is 0 Å². The van der Waals surface area contributed by atoms with Crippen molar-refractivity contribution in [1.82, 2.24) is 14.8 Å². The van der Waals surface area contributed by atoms with Gasteiger partial charge in [0.25, 0.3) is 0 Å². The quantitative estimate of drug-likeness (QED) is 0.604. The third-order valence-corrected chi connectivity index (χ3v) is 5.08. The number of aryl methyl sites for hydroxylation is 1. The van der Waals surface area contributed by atoms with E-state index in [2.05, 4.69) is 15.5 Å². The van der Waals surface area contributed by atoms with Gasteiger partial charge in [-0.25, -0.2) is 4.39 Å². The lowest BCUT2D eigenvalue weighted by atomic mass is 10.2. The van der Waals surface area contributed by atoms with Crippen LogP contribution in [0.3, 0.4) is 0 Å². The van der Waals surface area contributed by atoms with Crippen LogP contribution in [0.2, 0.25) is 0 Å². The van der Waals surface area contributed by atoms with E-state index in [-0.39, 0.29) is 17.3 Å². The topological polar surface area (TPSA) is 69.0 Å². The lowest BCUT2D eigenvalue weighted by molar-refractivity contribution is -0.113. The van der Waals surface area contributed by atoms with Crippen LogP contribution < -0.4 is 10.1 Å². The van der Waals surface area contributed by atoms with E-state index < -0.39 is 5.82 Å². The second-order valence-corrected chi connectivity index (χ2v) is 7.01. The number of nitrogens with zero attached hydrogens (tertiary/aromatic N) is 3. The molecule has 0 aliphatic rings. The number of rotatable bonds is 7. The van der Waals surface area contributed by atoms with E-state index in [1.807, 2.05) is 35.8 Å². The largest absolute Gasteiger partial charge is 0.496 e. The number of hydrogen-bond donors (Lipinski definition) is 1. The second kappa shape index (κ2) is 8.88. The summed E-state index contributed by atoms with van der Waals surface area (Å²) < 4.78 is 21.2. The van der Waals surface area contributed by atoms with Crippen molar-refractivity contribution in [3.63, 3.8) is 0 Å². The van der Waals surface area contributed by atoms with Crippen molar-refractivity contribution in [3.8, 4) is 17.1 Å². The van der Waals surface area contributed by atoms with Crippen molar-refractivity contribution in [2.24, 2.45) is 0 Å². The highest BCUT2D eigenvalue weighted by Gasteiger charge is 2.17. The number of halogens is 1. The van der Waals surface area contributed by atoms with E-state index >= 15 is 0 Å². The van der Waals surface area contributed by atoms with Crippen molar-refractivity contribution < 1.29 is 13.9 Å². The Morgan fingerprint density at radius 2 is 2.04 bits per heavy atom. The number of aromatic nitrogens is 3. The zero-order valence-corrected chi connectivity index (χ0v) is 16.7. The maximum absolute atomic E-state index is 13.9. The van der Waals surface area contributed by atoms with E-state index in [0.29, 0.717) is 23.3 Å². The first-order valence-electron chi connectivity index (χ1n) is 8.78. The van der Waals surface area contributed by atoms with Gasteiger partial charge in [-0.1, -0.05) is 30.0 Å². The minimum absolute atomic E-state index is 0.0946. The van der Waals surface area contributed by atoms with Crippen molar-refractivity contribution in [2.45, 2.75) is 25.5 Å². The molecule has 28 heavy (non-hydrogen) atoms. The number of thioether (sulfide) groups is 1. The molecule has 1 heterocycles. The molecule has 0 atom stereocenters. The molecule has 0 bridgehead atoms. The smallest absolute Gasteiger partial charge is 0.234 e. The fourth-order valence-electron chi connectivity index (χ4n) is 2.75. The van der Waals surface area contributed by atoms with E-state index in [4.69, 9.17) is 4.74 Å². The summed E-state index contributed by atoms with van der Waals surface area (Å²) >= 11 is 1.25. The Morgan fingerprint density at radius 1 is 1.25 bits per heavy atom. The predicted molar refractivity (Wildman–Crippen MR) is 108 cm³/mol. The molecule has 0 saturated heterocycles. The number of ether oxygens (including phenoxy) is 1. The average molecular weight is 400 g/mol. The number of anilines is 1. The molecule has 1 aromatic heterocycles. The summed E-state index contributed by atoms with van der Waals surface area (Å²) in [4.78, 5) is 12.2. The minimum atomic E-state index is -0.450. The van der Waals surface area contributed by atoms with Gasteiger partial charge in [-0.3, -0.25) is 4.79 Å². The molecule has 0 aliphatic heterocycles. The fourth-order valence-corrected chi connectivity index (χ4v) is 3.55. The molecule has 0 unspecified atom stereocenters. The first-order chi connectivity index (χ1) is 13.5. The molecule has 1 amide bonds. The Kier molecular flexibility index (Phi) is 6.30. The molecule has 1 N–H and O–H groups in total. The monoisotopic (exact) mass is 400 g/mol. The molecule has 8 heteroatoms. The summed E-state index contributed by atoms with van der Waals surface area (Å²) in [6.07, 6.45) is 0. The maximum atomic E-state index is 13.9. The van der Waals surface area contributed by atoms with Crippen molar-refractivity contribution in [2.75, 3.05) is 18.2 Å². The van der Waals surface area contributed by atoms with Gasteiger partial charge in [0.2, 0.25) is 5.91 Å². The minimum Gasteiger partial charge on any atom is -0.496 e. The molecule has 146 valence electrons. The van der Waals surface area contributed by atoms with Crippen LogP contribution in [0.25, 0.3) is 11.4 Å². The van der Waals surface area contributed by atoms with Crippen LogP contribution in [0.1, 0.15) is 12.5 Å². The van der Waals surface area contributed by atoms with Crippen LogP contribution in [-0.4, -0.2) is 33.5 Å². The third-order valence-electron chi connectivity index (χ3n) is 4.11. The van der Waals surface area contributed by atoms with Gasteiger partial charge < -0.3 is 14.6 Å². The Hall–Kier alpha value is -2.87. The number of para-hydroxylation sites is 1. The highest BCUT2D eigenvalue weighted by molar-refractivity contribution is 7.99. The third kappa shape index (κ3) is 4.33. The predicted octanol–water partition coefficient (Wildman–Crippen LogP) is 4.15. The van der Waals surface area contributed by atoms with Crippen LogP contribution in [0.15, 0.2) is 47.6 Å². The van der Waals surface area contributed by atoms with Crippen LogP contribution >= 0.6 is 11.8 Å². The van der Waals surface area contributed by atoms with Crippen molar-refractivity contribution in [3.05, 3.63) is 53.8 Å². The molecule has 0 fully saturated rings. The van der Waals surface area contributed by atoms with Crippen LogP contribution in [-0.2, 0) is 11.3 Å². The van der Waals surface area contributed by atoms with Crippen LogP contribution in [0.4, 0.5) is 10.1 Å². The maximum Gasteiger partial charge on any atom is 0.234 e. The van der Waals surface area contributed by atoms with E-state index in [0.717, 1.165) is 11.1 Å². The fraction of sp³-hybridized carbons (Fsp3) is 0.250. The molecule has 2 aromatic carbocycles. The lowest BCUT2D eigenvalue weighted by Crippen LogP contribution is -2.15. The van der Waals surface area contributed by atoms with E-state index in [1.54, 1.807) is 26.2 Å². The van der Waals surface area contributed by atoms with Crippen molar-refractivity contribution >= 4 is 23.4 Å². The summed E-state index contributed by atoms with van der Waals surface area (Å²) in [6.45, 7) is 4.41. The van der Waals surface area contributed by atoms with Gasteiger partial charge in [0.1, 0.15) is 11.6 Å². The molecular formula is C20H21FN4O2S. The summed E-state index contributed by atoms with van der Waals surface area (Å²) in [5.74, 6) is 0.712. The number of hydrogen-bond acceptors (Lipinski definition) is 5. The summed E-state index contributed by atoms with van der Waals surface area (Å²) in [6, 6.07) is 12.3. The molecule has 0 spiro atoms. The Balaban J connectivity index is 1.73. The van der Waals surface area contributed by atoms with Gasteiger partial charge in [-0.15, -0.1) is 10.2 Å². The second-order valence-electron chi connectivity index (χ2n) is 6.07. The number of carbonyl (C=O) groups is 1. The standard InChI is InChI=1S/C20H21FN4O2S/c1-4-25-19(14-7-5-6-8-17(14)27-3)23-24-20(25)28-12-18(26)22-16-10-9-13(2)11-15(16)21/h5-11H,4,12H2,1-3H3,(H,22,26). The van der Waals surface area contributed by atoms with Crippen LogP contribution in [0.5, 0.6) is 5.75 Å². The normalized spacial score (nSPS) is 10.7. The number of methoxy groups -OCH3 is 1. The Bertz CT molecular complexity index is 990. The number of amides is 1. The average Bonchev–Trinajstić information content (AvgIpc) is 3.11. The zero-order valence-electron chi connectivity index (χ0n) is 15.9. The number of benzene rings is 2. The zero-order chi connectivity index (χ0) is 20.1. The molecular weight excluding hydrogens is 379 g/mol. The van der Waals surface area contributed by atoms with E-state index in [1.165, 1.54) is 17.8 Å². The first kappa shape index (κ1) is 19.9. The highest BCUT2D eigenvalue weighted by atomic mass is 32.2. The van der Waals surface area contributed by atoms with Crippen LogP contribution in [0, 0.1) is 12.7 Å². The SMILES string of the molecule is CCn1c(SCC(=O)Nc2ccc(C)cc2F)nnc1-c1ccccc1OC. The number of nitrogens with one attached hydrogen (secondary N) is 1. The molecule has 3 rings (SSSR count). The highest BCUT2D eigenvalue weighted by Crippen LogP contribution is 2.30. The molecule has 0 saturated carbocycles. The summed E-state index contributed by atoms with van der Waals surface area (Å²) in [5, 5.41) is 11.7. The van der Waals surface area contributed by atoms with Gasteiger partial charge in [-0.05, 0) is 43.7 Å². The molecule has 6 nitrogen and oxygen atoms in total. The Labute approximate surface area is 167 Å².